The lowest BCUT2D eigenvalue weighted by atomic mass is 9.99. The molecule has 3 rings (SSSR count). The Morgan fingerprint density at radius 1 is 1.25 bits per heavy atom. The third-order valence-electron chi connectivity index (χ3n) is 4.92. The summed E-state index contributed by atoms with van der Waals surface area (Å²) in [4.78, 5) is 11.7. The first-order chi connectivity index (χ1) is 13.2. The molecule has 0 atom stereocenters. The minimum atomic E-state index is 0. The van der Waals surface area contributed by atoms with Crippen LogP contribution in [0.4, 0.5) is 5.82 Å². The molecule has 0 aromatic carbocycles. The second-order valence-corrected chi connectivity index (χ2v) is 7.15. The Morgan fingerprint density at radius 3 is 2.71 bits per heavy atom. The van der Waals surface area contributed by atoms with E-state index in [4.69, 9.17) is 4.42 Å². The molecule has 1 saturated heterocycles. The van der Waals surface area contributed by atoms with E-state index in [1.807, 2.05) is 18.3 Å². The summed E-state index contributed by atoms with van der Waals surface area (Å²) in [5, 5.41) is 6.63. The molecule has 0 spiro atoms. The van der Waals surface area contributed by atoms with Crippen molar-refractivity contribution in [3.8, 4) is 0 Å². The molecule has 7 heteroatoms. The topological polar surface area (TPSA) is 65.7 Å². The van der Waals surface area contributed by atoms with Crippen molar-refractivity contribution in [2.45, 2.75) is 39.7 Å². The van der Waals surface area contributed by atoms with E-state index >= 15 is 0 Å². The summed E-state index contributed by atoms with van der Waals surface area (Å²) in [6, 6.07) is 8.16. The van der Waals surface area contributed by atoms with Crippen molar-refractivity contribution in [2.75, 3.05) is 31.1 Å². The van der Waals surface area contributed by atoms with Crippen molar-refractivity contribution >= 4 is 35.8 Å². The van der Waals surface area contributed by atoms with E-state index in [1.165, 1.54) is 12.8 Å². The monoisotopic (exact) mass is 497 g/mol. The van der Waals surface area contributed by atoms with Gasteiger partial charge in [-0.3, -0.25) is 0 Å². The standard InChI is InChI=1S/C21H31N5O.HI/c1-3-22-21(23-11-8-19-5-4-14-27-19)25-16-18-6-7-20(24-15-18)26-12-9-17(2)10-13-26;/h4-7,14-15,17H,3,8-13,16H2,1-2H3,(H2,22,23,25);1H. The molecular formula is C21H32IN5O. The van der Waals surface area contributed by atoms with Crippen molar-refractivity contribution in [3.63, 3.8) is 0 Å². The third kappa shape index (κ3) is 7.00. The Hall–Kier alpha value is -1.77. The van der Waals surface area contributed by atoms with Crippen molar-refractivity contribution < 1.29 is 4.42 Å². The number of rotatable bonds is 7. The zero-order valence-electron chi connectivity index (χ0n) is 16.9. The van der Waals surface area contributed by atoms with E-state index < -0.39 is 0 Å². The molecule has 1 aliphatic rings. The molecule has 2 N–H and O–H groups in total. The van der Waals surface area contributed by atoms with E-state index in [0.29, 0.717) is 6.54 Å². The highest BCUT2D eigenvalue weighted by Gasteiger charge is 2.16. The molecule has 28 heavy (non-hydrogen) atoms. The second-order valence-electron chi connectivity index (χ2n) is 7.15. The van der Waals surface area contributed by atoms with Gasteiger partial charge in [0.1, 0.15) is 11.6 Å². The van der Waals surface area contributed by atoms with Gasteiger partial charge >= 0.3 is 0 Å². The van der Waals surface area contributed by atoms with Gasteiger partial charge in [0.25, 0.3) is 0 Å². The molecule has 2 aromatic rings. The molecule has 154 valence electrons. The number of furan rings is 1. The van der Waals surface area contributed by atoms with Crippen LogP contribution in [0.5, 0.6) is 0 Å². The molecule has 0 amide bonds. The first kappa shape index (κ1) is 22.5. The zero-order chi connectivity index (χ0) is 18.9. The predicted octanol–water partition coefficient (Wildman–Crippen LogP) is 3.83. The molecule has 0 bridgehead atoms. The maximum absolute atomic E-state index is 5.36. The van der Waals surface area contributed by atoms with Gasteiger partial charge in [-0.05, 0) is 49.4 Å². The second kappa shape index (κ2) is 11.9. The largest absolute Gasteiger partial charge is 0.469 e. The van der Waals surface area contributed by atoms with Crippen LogP contribution in [0, 0.1) is 5.92 Å². The molecule has 2 aromatic heterocycles. The van der Waals surface area contributed by atoms with Crippen LogP contribution < -0.4 is 15.5 Å². The van der Waals surface area contributed by atoms with Gasteiger partial charge in [0.15, 0.2) is 5.96 Å². The smallest absolute Gasteiger partial charge is 0.191 e. The van der Waals surface area contributed by atoms with Crippen LogP contribution in [0.1, 0.15) is 38.0 Å². The van der Waals surface area contributed by atoms with Gasteiger partial charge in [0.2, 0.25) is 0 Å². The number of hydrogen-bond acceptors (Lipinski definition) is 4. The number of hydrogen-bond donors (Lipinski definition) is 2. The molecule has 1 aliphatic heterocycles. The first-order valence-corrected chi connectivity index (χ1v) is 9.99. The fourth-order valence-electron chi connectivity index (χ4n) is 3.21. The Kier molecular flexibility index (Phi) is 9.60. The molecule has 1 fully saturated rings. The summed E-state index contributed by atoms with van der Waals surface area (Å²) in [6.45, 7) is 8.84. The van der Waals surface area contributed by atoms with Gasteiger partial charge in [0.05, 0.1) is 12.8 Å². The van der Waals surface area contributed by atoms with Gasteiger partial charge in [0, 0.05) is 38.8 Å². The van der Waals surface area contributed by atoms with Crippen molar-refractivity contribution in [1.82, 2.24) is 15.6 Å². The van der Waals surface area contributed by atoms with E-state index in [-0.39, 0.29) is 24.0 Å². The molecule has 0 unspecified atom stereocenters. The molecule has 0 radical (unpaired) electrons. The van der Waals surface area contributed by atoms with Gasteiger partial charge in [-0.2, -0.15) is 0 Å². The van der Waals surface area contributed by atoms with E-state index in [1.54, 1.807) is 6.26 Å². The SMILES string of the molecule is CCNC(=NCc1ccc(N2CCC(C)CC2)nc1)NCCc1ccco1.I. The van der Waals surface area contributed by atoms with Gasteiger partial charge in [-0.25, -0.2) is 9.98 Å². The van der Waals surface area contributed by atoms with Gasteiger partial charge in [-0.1, -0.05) is 13.0 Å². The molecular weight excluding hydrogens is 465 g/mol. The lowest BCUT2D eigenvalue weighted by Gasteiger charge is -2.31. The Bertz CT molecular complexity index is 694. The van der Waals surface area contributed by atoms with Crippen molar-refractivity contribution in [3.05, 3.63) is 48.0 Å². The number of anilines is 1. The number of halogens is 1. The fourth-order valence-corrected chi connectivity index (χ4v) is 3.21. The number of guanidine groups is 1. The van der Waals surface area contributed by atoms with Crippen LogP contribution in [-0.4, -0.2) is 37.1 Å². The van der Waals surface area contributed by atoms with Crippen molar-refractivity contribution in [2.24, 2.45) is 10.9 Å². The summed E-state index contributed by atoms with van der Waals surface area (Å²) in [7, 11) is 0. The Balaban J connectivity index is 0.00000280. The predicted molar refractivity (Wildman–Crippen MR) is 125 cm³/mol. The number of nitrogens with zero attached hydrogens (tertiary/aromatic N) is 3. The van der Waals surface area contributed by atoms with Gasteiger partial charge < -0.3 is 20.0 Å². The normalized spacial score (nSPS) is 15.2. The minimum absolute atomic E-state index is 0. The van der Waals surface area contributed by atoms with Crippen LogP contribution in [0.15, 0.2) is 46.1 Å². The first-order valence-electron chi connectivity index (χ1n) is 9.99. The fraction of sp³-hybridized carbons (Fsp3) is 0.524. The van der Waals surface area contributed by atoms with Crippen molar-refractivity contribution in [1.29, 1.82) is 0 Å². The highest BCUT2D eigenvalue weighted by Crippen LogP contribution is 2.21. The lowest BCUT2D eigenvalue weighted by molar-refractivity contribution is 0.436. The number of aromatic nitrogens is 1. The summed E-state index contributed by atoms with van der Waals surface area (Å²) < 4.78 is 5.36. The van der Waals surface area contributed by atoms with Gasteiger partial charge in [-0.15, -0.1) is 24.0 Å². The minimum Gasteiger partial charge on any atom is -0.469 e. The molecule has 3 heterocycles. The third-order valence-corrected chi connectivity index (χ3v) is 4.92. The molecule has 6 nitrogen and oxygen atoms in total. The number of aliphatic imine (C=N–C) groups is 1. The van der Waals surface area contributed by atoms with Crippen LogP contribution in [0.25, 0.3) is 0 Å². The molecule has 0 aliphatic carbocycles. The lowest BCUT2D eigenvalue weighted by Crippen LogP contribution is -2.38. The van der Waals surface area contributed by atoms with E-state index in [2.05, 4.69) is 51.5 Å². The zero-order valence-corrected chi connectivity index (χ0v) is 19.2. The van der Waals surface area contributed by atoms with Crippen LogP contribution in [0.3, 0.4) is 0 Å². The summed E-state index contributed by atoms with van der Waals surface area (Å²) in [5.41, 5.74) is 1.12. The number of piperidine rings is 1. The van der Waals surface area contributed by atoms with Crippen LogP contribution in [0.2, 0.25) is 0 Å². The Labute approximate surface area is 185 Å². The summed E-state index contributed by atoms with van der Waals surface area (Å²) in [5.74, 6) is 3.71. The quantitative estimate of drug-likeness (QED) is 0.346. The number of pyridine rings is 1. The highest BCUT2D eigenvalue weighted by atomic mass is 127. The maximum Gasteiger partial charge on any atom is 0.191 e. The summed E-state index contributed by atoms with van der Waals surface area (Å²) in [6.07, 6.45) is 6.99. The Morgan fingerprint density at radius 2 is 2.07 bits per heavy atom. The van der Waals surface area contributed by atoms with E-state index in [0.717, 1.165) is 61.6 Å². The van der Waals surface area contributed by atoms with E-state index in [9.17, 15) is 0 Å². The maximum atomic E-state index is 5.36. The summed E-state index contributed by atoms with van der Waals surface area (Å²) >= 11 is 0. The van der Waals surface area contributed by atoms with Crippen LogP contribution >= 0.6 is 24.0 Å². The molecule has 0 saturated carbocycles. The number of nitrogens with one attached hydrogen (secondary N) is 2. The average molecular weight is 497 g/mol. The highest BCUT2D eigenvalue weighted by molar-refractivity contribution is 14.0. The van der Waals surface area contributed by atoms with Crippen LogP contribution in [-0.2, 0) is 13.0 Å². The average Bonchev–Trinajstić information content (AvgIpc) is 3.21.